The average molecular weight is 227 g/mol. The molecule has 0 aromatic carbocycles. The lowest BCUT2D eigenvalue weighted by Crippen LogP contribution is -2.34. The molecule has 0 aromatic rings. The van der Waals surface area contributed by atoms with Gasteiger partial charge in [0.25, 0.3) is 0 Å². The molecule has 0 aromatic heterocycles. The summed E-state index contributed by atoms with van der Waals surface area (Å²) in [5.41, 5.74) is 0. The molecule has 0 aliphatic carbocycles. The Kier molecular flexibility index (Phi) is 7.06. The lowest BCUT2D eigenvalue weighted by Gasteiger charge is -2.31. The van der Waals surface area contributed by atoms with Crippen LogP contribution in [-0.2, 0) is 4.74 Å². The first-order valence-electron chi connectivity index (χ1n) is 7.06. The molecule has 2 heteroatoms. The molecule has 0 atom stereocenters. The zero-order chi connectivity index (χ0) is 11.8. The second-order valence-corrected chi connectivity index (χ2v) is 5.32. The Hall–Kier alpha value is -0.0800. The molecule has 1 aliphatic rings. The van der Waals surface area contributed by atoms with Crippen LogP contribution in [-0.4, -0.2) is 37.2 Å². The van der Waals surface area contributed by atoms with Crippen LogP contribution < -0.4 is 0 Å². The molecule has 1 aliphatic heterocycles. The van der Waals surface area contributed by atoms with E-state index in [4.69, 9.17) is 4.74 Å². The molecule has 1 rings (SSSR count). The Morgan fingerprint density at radius 1 is 1.19 bits per heavy atom. The number of rotatable bonds is 7. The number of unbranched alkanes of at least 4 members (excludes halogenated alkanes) is 1. The van der Waals surface area contributed by atoms with E-state index < -0.39 is 0 Å². The molecule has 0 unspecified atom stereocenters. The van der Waals surface area contributed by atoms with Crippen LogP contribution in [0.3, 0.4) is 0 Å². The van der Waals surface area contributed by atoms with Gasteiger partial charge in [0.2, 0.25) is 0 Å². The van der Waals surface area contributed by atoms with Crippen molar-refractivity contribution in [1.29, 1.82) is 0 Å². The van der Waals surface area contributed by atoms with Gasteiger partial charge in [-0.15, -0.1) is 0 Å². The van der Waals surface area contributed by atoms with Gasteiger partial charge in [0.1, 0.15) is 0 Å². The summed E-state index contributed by atoms with van der Waals surface area (Å²) in [6.45, 7) is 11.4. The number of ether oxygens (including phenoxy) is 1. The van der Waals surface area contributed by atoms with Gasteiger partial charge >= 0.3 is 0 Å². The highest BCUT2D eigenvalue weighted by molar-refractivity contribution is 4.71. The molecule has 0 amide bonds. The Balaban J connectivity index is 1.94. The molecular formula is C14H29NO. The van der Waals surface area contributed by atoms with E-state index in [1.54, 1.807) is 0 Å². The summed E-state index contributed by atoms with van der Waals surface area (Å²) in [5.74, 6) is 1.00. The minimum Gasteiger partial charge on any atom is -0.379 e. The first kappa shape index (κ1) is 14.0. The maximum atomic E-state index is 5.55. The highest BCUT2D eigenvalue weighted by atomic mass is 16.5. The largest absolute Gasteiger partial charge is 0.379 e. The summed E-state index contributed by atoms with van der Waals surface area (Å²) >= 11 is 0. The Bertz CT molecular complexity index is 162. The molecule has 1 heterocycles. The van der Waals surface area contributed by atoms with Crippen LogP contribution >= 0.6 is 0 Å². The number of likely N-dealkylation sites (tertiary alicyclic amines) is 1. The van der Waals surface area contributed by atoms with Gasteiger partial charge in [0.15, 0.2) is 0 Å². The summed E-state index contributed by atoms with van der Waals surface area (Å²) in [7, 11) is 0. The molecule has 1 fully saturated rings. The molecule has 0 radical (unpaired) electrons. The molecule has 0 bridgehead atoms. The third kappa shape index (κ3) is 5.86. The van der Waals surface area contributed by atoms with Crippen molar-refractivity contribution in [3.8, 4) is 0 Å². The first-order chi connectivity index (χ1) is 7.72. The Morgan fingerprint density at radius 3 is 2.44 bits per heavy atom. The minimum absolute atomic E-state index is 0.389. The average Bonchev–Trinajstić information content (AvgIpc) is 2.29. The van der Waals surface area contributed by atoms with Crippen LogP contribution in [0.2, 0.25) is 0 Å². The topological polar surface area (TPSA) is 12.5 Å². The van der Waals surface area contributed by atoms with E-state index in [1.807, 2.05) is 0 Å². The van der Waals surface area contributed by atoms with Gasteiger partial charge in [-0.2, -0.15) is 0 Å². The van der Waals surface area contributed by atoms with Crippen molar-refractivity contribution in [2.75, 3.05) is 26.2 Å². The minimum atomic E-state index is 0.389. The predicted molar refractivity (Wildman–Crippen MR) is 69.8 cm³/mol. The molecule has 1 saturated heterocycles. The summed E-state index contributed by atoms with van der Waals surface area (Å²) in [5, 5.41) is 0. The van der Waals surface area contributed by atoms with Gasteiger partial charge < -0.3 is 9.64 Å². The number of piperidine rings is 1. The van der Waals surface area contributed by atoms with E-state index in [0.29, 0.717) is 6.10 Å². The van der Waals surface area contributed by atoms with E-state index in [2.05, 4.69) is 25.7 Å². The zero-order valence-corrected chi connectivity index (χ0v) is 11.4. The molecular weight excluding hydrogens is 198 g/mol. The van der Waals surface area contributed by atoms with E-state index in [9.17, 15) is 0 Å². The second kappa shape index (κ2) is 8.08. The van der Waals surface area contributed by atoms with Crippen molar-refractivity contribution in [1.82, 2.24) is 4.90 Å². The number of hydrogen-bond donors (Lipinski definition) is 0. The summed E-state index contributed by atoms with van der Waals surface area (Å²) < 4.78 is 5.55. The number of hydrogen-bond acceptors (Lipinski definition) is 2. The van der Waals surface area contributed by atoms with Gasteiger partial charge in [-0.3, -0.25) is 0 Å². The Labute approximate surface area is 101 Å². The fourth-order valence-corrected chi connectivity index (χ4v) is 2.37. The SMILES string of the molecule is CCC1CCN(CCCCOC(C)C)CC1. The molecule has 0 saturated carbocycles. The van der Waals surface area contributed by atoms with Gasteiger partial charge in [-0.05, 0) is 65.1 Å². The van der Waals surface area contributed by atoms with Crippen molar-refractivity contribution in [2.24, 2.45) is 5.92 Å². The van der Waals surface area contributed by atoms with Gasteiger partial charge in [-0.25, -0.2) is 0 Å². The second-order valence-electron chi connectivity index (χ2n) is 5.32. The first-order valence-corrected chi connectivity index (χ1v) is 7.06. The zero-order valence-electron chi connectivity index (χ0n) is 11.4. The molecule has 16 heavy (non-hydrogen) atoms. The van der Waals surface area contributed by atoms with Crippen LogP contribution in [0.4, 0.5) is 0 Å². The van der Waals surface area contributed by atoms with Gasteiger partial charge in [-0.1, -0.05) is 13.3 Å². The van der Waals surface area contributed by atoms with E-state index in [0.717, 1.165) is 12.5 Å². The number of nitrogens with zero attached hydrogens (tertiary/aromatic N) is 1. The van der Waals surface area contributed by atoms with Crippen LogP contribution in [0.1, 0.15) is 52.9 Å². The van der Waals surface area contributed by atoms with Crippen LogP contribution in [0.5, 0.6) is 0 Å². The maximum Gasteiger partial charge on any atom is 0.0518 e. The highest BCUT2D eigenvalue weighted by Gasteiger charge is 2.16. The van der Waals surface area contributed by atoms with Crippen molar-refractivity contribution in [3.05, 3.63) is 0 Å². The Morgan fingerprint density at radius 2 is 1.88 bits per heavy atom. The third-order valence-electron chi connectivity index (χ3n) is 3.60. The monoisotopic (exact) mass is 227 g/mol. The lowest BCUT2D eigenvalue weighted by molar-refractivity contribution is 0.0730. The van der Waals surface area contributed by atoms with Gasteiger partial charge in [0.05, 0.1) is 6.10 Å². The summed E-state index contributed by atoms with van der Waals surface area (Å²) in [6.07, 6.45) is 7.10. The van der Waals surface area contributed by atoms with Gasteiger partial charge in [0, 0.05) is 6.61 Å². The maximum absolute atomic E-state index is 5.55. The van der Waals surface area contributed by atoms with Crippen LogP contribution in [0, 0.1) is 5.92 Å². The predicted octanol–water partition coefficient (Wildman–Crippen LogP) is 3.31. The van der Waals surface area contributed by atoms with Crippen molar-refractivity contribution < 1.29 is 4.74 Å². The smallest absolute Gasteiger partial charge is 0.0518 e. The fraction of sp³-hybridized carbons (Fsp3) is 1.00. The highest BCUT2D eigenvalue weighted by Crippen LogP contribution is 2.19. The standard InChI is InChI=1S/C14H29NO/c1-4-14-7-10-15(11-8-14)9-5-6-12-16-13(2)3/h13-14H,4-12H2,1-3H3. The van der Waals surface area contributed by atoms with Crippen LogP contribution in [0.25, 0.3) is 0 Å². The van der Waals surface area contributed by atoms with E-state index >= 15 is 0 Å². The van der Waals surface area contributed by atoms with Crippen LogP contribution in [0.15, 0.2) is 0 Å². The van der Waals surface area contributed by atoms with Crippen molar-refractivity contribution in [3.63, 3.8) is 0 Å². The fourth-order valence-electron chi connectivity index (χ4n) is 2.37. The normalized spacial score (nSPS) is 19.5. The van der Waals surface area contributed by atoms with Crippen molar-refractivity contribution in [2.45, 2.75) is 59.0 Å². The third-order valence-corrected chi connectivity index (χ3v) is 3.60. The molecule has 96 valence electrons. The van der Waals surface area contributed by atoms with E-state index in [1.165, 1.54) is 51.7 Å². The quantitative estimate of drug-likeness (QED) is 0.619. The lowest BCUT2D eigenvalue weighted by atomic mass is 9.94. The molecule has 0 N–H and O–H groups in total. The summed E-state index contributed by atoms with van der Waals surface area (Å²) in [6, 6.07) is 0. The molecule has 0 spiro atoms. The summed E-state index contributed by atoms with van der Waals surface area (Å²) in [4.78, 5) is 2.63. The van der Waals surface area contributed by atoms with E-state index in [-0.39, 0.29) is 0 Å². The van der Waals surface area contributed by atoms with Crippen molar-refractivity contribution >= 4 is 0 Å². The molecule has 2 nitrogen and oxygen atoms in total.